The first-order valence-corrected chi connectivity index (χ1v) is 13.6. The van der Waals surface area contributed by atoms with Gasteiger partial charge in [-0.25, -0.2) is 0 Å². The molecule has 192 valence electrons. The molecular formula is C26H27Cl2IN2O5. The largest absolute Gasteiger partial charge is 0.482 e. The van der Waals surface area contributed by atoms with Crippen molar-refractivity contribution in [1.82, 2.24) is 10.2 Å². The summed E-state index contributed by atoms with van der Waals surface area (Å²) < 4.78 is 7.02. The van der Waals surface area contributed by atoms with Gasteiger partial charge in [-0.3, -0.25) is 9.59 Å². The number of halogens is 3. The fourth-order valence-electron chi connectivity index (χ4n) is 4.22. The van der Waals surface area contributed by atoms with Gasteiger partial charge in [0.25, 0.3) is 0 Å². The van der Waals surface area contributed by atoms with E-state index in [1.54, 1.807) is 35.2 Å². The molecule has 3 N–H and O–H groups in total. The Morgan fingerprint density at radius 2 is 1.89 bits per heavy atom. The zero-order valence-electron chi connectivity index (χ0n) is 19.4. The summed E-state index contributed by atoms with van der Waals surface area (Å²) in [6.07, 6.45) is 1.39. The molecule has 1 saturated carbocycles. The molecule has 2 amide bonds. The van der Waals surface area contributed by atoms with Crippen LogP contribution in [-0.2, 0) is 16.1 Å². The van der Waals surface area contributed by atoms with Crippen molar-refractivity contribution in [3.63, 3.8) is 0 Å². The molecule has 0 aliphatic heterocycles. The van der Waals surface area contributed by atoms with Crippen LogP contribution in [0.3, 0.4) is 0 Å². The summed E-state index contributed by atoms with van der Waals surface area (Å²) in [7, 11) is 0. The van der Waals surface area contributed by atoms with E-state index in [1.165, 1.54) is 0 Å². The van der Waals surface area contributed by atoms with E-state index < -0.39 is 18.2 Å². The summed E-state index contributed by atoms with van der Waals surface area (Å²) in [5.41, 5.74) is 1.15. The van der Waals surface area contributed by atoms with E-state index in [9.17, 15) is 14.7 Å². The monoisotopic (exact) mass is 644 g/mol. The molecule has 7 nitrogen and oxygen atoms in total. The summed E-state index contributed by atoms with van der Waals surface area (Å²) in [5.74, 6) is 0.0200. The fourth-order valence-corrected chi connectivity index (χ4v) is 5.06. The van der Waals surface area contributed by atoms with Crippen LogP contribution in [-0.4, -0.2) is 58.3 Å². The Kier molecular flexibility index (Phi) is 9.16. The third kappa shape index (κ3) is 6.52. The predicted octanol–water partition coefficient (Wildman–Crippen LogP) is 3.95. The Hall–Kier alpha value is -1.85. The summed E-state index contributed by atoms with van der Waals surface area (Å²) >= 11 is 14.4. The molecule has 2 aromatic carbocycles. The van der Waals surface area contributed by atoms with Crippen LogP contribution in [0.2, 0.25) is 10.0 Å². The van der Waals surface area contributed by atoms with Crippen molar-refractivity contribution in [2.75, 3.05) is 13.2 Å². The highest BCUT2D eigenvalue weighted by molar-refractivity contribution is 14.1. The zero-order chi connectivity index (χ0) is 25.8. The summed E-state index contributed by atoms with van der Waals surface area (Å²) in [5, 5.41) is 24.1. The van der Waals surface area contributed by atoms with Gasteiger partial charge in [-0.1, -0.05) is 41.4 Å². The van der Waals surface area contributed by atoms with Gasteiger partial charge in [0.05, 0.1) is 26.3 Å². The SMILES string of the molecule is O=C(NCCO)C1=C[C@H](Oc2ccccc2I)[C@@H](O)[C@H](N(Cc2ccc(Cl)c(Cl)c2)C(=O)C2CC2)C1. The minimum Gasteiger partial charge on any atom is -0.482 e. The lowest BCUT2D eigenvalue weighted by Gasteiger charge is -2.40. The van der Waals surface area contributed by atoms with Crippen LogP contribution in [0.25, 0.3) is 0 Å². The van der Waals surface area contributed by atoms with E-state index in [4.69, 9.17) is 33.0 Å². The average molecular weight is 645 g/mol. The van der Waals surface area contributed by atoms with Gasteiger partial charge in [0, 0.05) is 31.0 Å². The van der Waals surface area contributed by atoms with E-state index in [0.717, 1.165) is 22.0 Å². The topological polar surface area (TPSA) is 99.1 Å². The van der Waals surface area contributed by atoms with Crippen LogP contribution >= 0.6 is 45.8 Å². The Morgan fingerprint density at radius 1 is 1.14 bits per heavy atom. The first-order valence-electron chi connectivity index (χ1n) is 11.7. The molecule has 2 aliphatic rings. The molecule has 0 radical (unpaired) electrons. The minimum atomic E-state index is -1.08. The number of para-hydroxylation sites is 1. The molecule has 0 bridgehead atoms. The van der Waals surface area contributed by atoms with Gasteiger partial charge in [0.15, 0.2) is 0 Å². The Balaban J connectivity index is 1.67. The van der Waals surface area contributed by atoms with Crippen LogP contribution < -0.4 is 10.1 Å². The maximum atomic E-state index is 13.4. The second kappa shape index (κ2) is 12.1. The molecule has 10 heteroatoms. The average Bonchev–Trinajstić information content (AvgIpc) is 3.71. The lowest BCUT2D eigenvalue weighted by Crippen LogP contribution is -2.55. The van der Waals surface area contributed by atoms with Crippen molar-refractivity contribution in [3.05, 3.63) is 73.3 Å². The number of aliphatic hydroxyl groups is 2. The number of benzene rings is 2. The van der Waals surface area contributed by atoms with E-state index in [-0.39, 0.29) is 43.8 Å². The van der Waals surface area contributed by atoms with Crippen molar-refractivity contribution >= 4 is 57.6 Å². The van der Waals surface area contributed by atoms with Crippen molar-refractivity contribution in [2.24, 2.45) is 5.92 Å². The van der Waals surface area contributed by atoms with Gasteiger partial charge in [-0.2, -0.15) is 0 Å². The molecule has 0 aromatic heterocycles. The molecule has 0 spiro atoms. The zero-order valence-corrected chi connectivity index (χ0v) is 23.0. The van der Waals surface area contributed by atoms with Crippen LogP contribution in [0, 0.1) is 9.49 Å². The van der Waals surface area contributed by atoms with Crippen LogP contribution in [0.5, 0.6) is 5.75 Å². The number of amides is 2. The van der Waals surface area contributed by atoms with E-state index in [2.05, 4.69) is 27.9 Å². The molecule has 4 rings (SSSR count). The maximum Gasteiger partial charge on any atom is 0.247 e. The molecule has 0 saturated heterocycles. The lowest BCUT2D eigenvalue weighted by atomic mass is 9.87. The van der Waals surface area contributed by atoms with Crippen molar-refractivity contribution in [3.8, 4) is 5.75 Å². The number of rotatable bonds is 9. The number of hydrogen-bond donors (Lipinski definition) is 3. The van der Waals surface area contributed by atoms with Crippen LogP contribution in [0.1, 0.15) is 24.8 Å². The molecule has 2 aliphatic carbocycles. The fraction of sp³-hybridized carbons (Fsp3) is 0.385. The third-order valence-electron chi connectivity index (χ3n) is 6.26. The quantitative estimate of drug-likeness (QED) is 0.359. The number of ether oxygens (including phenoxy) is 1. The normalized spacial score (nSPS) is 21.5. The molecule has 1 fully saturated rings. The Bertz CT molecular complexity index is 1160. The molecule has 0 unspecified atom stereocenters. The highest BCUT2D eigenvalue weighted by Gasteiger charge is 2.44. The van der Waals surface area contributed by atoms with Gasteiger partial charge in [-0.05, 0) is 71.3 Å². The Labute approximate surface area is 233 Å². The molecule has 0 heterocycles. The number of carbonyl (C=O) groups is 2. The van der Waals surface area contributed by atoms with Crippen molar-refractivity contribution in [2.45, 2.75) is 44.1 Å². The highest BCUT2D eigenvalue weighted by Crippen LogP contribution is 2.36. The first-order chi connectivity index (χ1) is 17.3. The van der Waals surface area contributed by atoms with Gasteiger partial charge in [0.2, 0.25) is 11.8 Å². The second-order valence-electron chi connectivity index (χ2n) is 8.94. The van der Waals surface area contributed by atoms with Gasteiger partial charge >= 0.3 is 0 Å². The summed E-state index contributed by atoms with van der Waals surface area (Å²) in [6, 6.07) is 11.8. The molecule has 3 atom stereocenters. The standard InChI is InChI=1S/C26H27Cl2IN2O5/c27-18-8-5-15(11-19(18)28)14-31(26(35)16-6-7-16)21-12-17(25(34)30-9-10-32)13-23(24(21)33)36-22-4-2-1-3-20(22)29/h1-5,8,11,13,16,21,23-24,32-33H,6-7,9-10,12,14H2,(H,30,34)/t21-,23+,24+/m1/s1. The minimum absolute atomic E-state index is 0.0739. The number of nitrogens with one attached hydrogen (secondary N) is 1. The summed E-state index contributed by atoms with van der Waals surface area (Å²) in [6.45, 7) is 0.103. The number of carbonyl (C=O) groups excluding carboxylic acids is 2. The van der Waals surface area contributed by atoms with Crippen molar-refractivity contribution < 1.29 is 24.5 Å². The summed E-state index contributed by atoms with van der Waals surface area (Å²) in [4.78, 5) is 28.0. The number of aliphatic hydroxyl groups excluding tert-OH is 2. The third-order valence-corrected chi connectivity index (χ3v) is 7.89. The van der Waals surface area contributed by atoms with E-state index >= 15 is 0 Å². The van der Waals surface area contributed by atoms with E-state index in [1.807, 2.05) is 18.2 Å². The second-order valence-corrected chi connectivity index (χ2v) is 10.9. The van der Waals surface area contributed by atoms with E-state index in [0.29, 0.717) is 21.4 Å². The molecular weight excluding hydrogens is 618 g/mol. The maximum absolute atomic E-state index is 13.4. The van der Waals surface area contributed by atoms with Crippen LogP contribution in [0.4, 0.5) is 0 Å². The number of nitrogens with zero attached hydrogens (tertiary/aromatic N) is 1. The van der Waals surface area contributed by atoms with Gasteiger partial charge < -0.3 is 25.2 Å². The van der Waals surface area contributed by atoms with Gasteiger partial charge in [-0.15, -0.1) is 0 Å². The predicted molar refractivity (Wildman–Crippen MR) is 146 cm³/mol. The number of hydrogen-bond acceptors (Lipinski definition) is 5. The van der Waals surface area contributed by atoms with Crippen molar-refractivity contribution in [1.29, 1.82) is 0 Å². The highest BCUT2D eigenvalue weighted by atomic mass is 127. The van der Waals surface area contributed by atoms with Gasteiger partial charge in [0.1, 0.15) is 18.0 Å². The first kappa shape index (κ1) is 27.2. The molecule has 36 heavy (non-hydrogen) atoms. The lowest BCUT2D eigenvalue weighted by molar-refractivity contribution is -0.140. The molecule has 2 aromatic rings. The smallest absolute Gasteiger partial charge is 0.247 e. The van der Waals surface area contributed by atoms with Crippen LogP contribution in [0.15, 0.2) is 54.1 Å². The Morgan fingerprint density at radius 3 is 2.56 bits per heavy atom.